The number of para-hydroxylation sites is 1. The van der Waals surface area contributed by atoms with E-state index >= 15 is 0 Å². The van der Waals surface area contributed by atoms with Gasteiger partial charge in [0.05, 0.1) is 27.0 Å². The molecule has 1 N–H and O–H groups in total. The van der Waals surface area contributed by atoms with Crippen LogP contribution in [0, 0.1) is 5.82 Å². The zero-order valence-electron chi connectivity index (χ0n) is 15.4. The summed E-state index contributed by atoms with van der Waals surface area (Å²) in [6.45, 7) is 1.38. The topological polar surface area (TPSA) is 83.1 Å². The van der Waals surface area contributed by atoms with Crippen molar-refractivity contribution in [1.29, 1.82) is 0 Å². The largest absolute Gasteiger partial charge is 0.493 e. The summed E-state index contributed by atoms with van der Waals surface area (Å²) in [6.07, 6.45) is -1.17. The van der Waals surface area contributed by atoms with Crippen LogP contribution in [0.3, 0.4) is 0 Å². The molecule has 144 valence electrons. The van der Waals surface area contributed by atoms with Gasteiger partial charge in [0.25, 0.3) is 5.91 Å². The Morgan fingerprint density at radius 3 is 2.22 bits per heavy atom. The summed E-state index contributed by atoms with van der Waals surface area (Å²) in [5.74, 6) is -1.36. The molecule has 2 aromatic rings. The van der Waals surface area contributed by atoms with Gasteiger partial charge in [-0.05, 0) is 31.2 Å². The van der Waals surface area contributed by atoms with Crippen LogP contribution in [0.1, 0.15) is 17.3 Å². The van der Waals surface area contributed by atoms with E-state index in [4.69, 9.17) is 18.9 Å². The van der Waals surface area contributed by atoms with Gasteiger partial charge in [-0.25, -0.2) is 9.18 Å². The number of hydrogen-bond acceptors (Lipinski definition) is 6. The third-order valence-corrected chi connectivity index (χ3v) is 3.71. The Hall–Kier alpha value is -3.29. The fraction of sp³-hybridized carbons (Fsp3) is 0.263. The minimum Gasteiger partial charge on any atom is -0.493 e. The lowest BCUT2D eigenvalue weighted by atomic mass is 10.1. The number of carbonyl (C=O) groups is 2. The first-order chi connectivity index (χ1) is 12.9. The van der Waals surface area contributed by atoms with E-state index in [9.17, 15) is 14.0 Å². The quantitative estimate of drug-likeness (QED) is 0.747. The normalized spacial score (nSPS) is 11.3. The van der Waals surface area contributed by atoms with Gasteiger partial charge in [0.15, 0.2) is 17.6 Å². The lowest BCUT2D eigenvalue weighted by Crippen LogP contribution is -2.30. The van der Waals surface area contributed by atoms with Crippen molar-refractivity contribution < 1.29 is 32.9 Å². The lowest BCUT2D eigenvalue weighted by molar-refractivity contribution is -0.123. The summed E-state index contributed by atoms with van der Waals surface area (Å²) >= 11 is 0. The van der Waals surface area contributed by atoms with E-state index in [-0.39, 0.29) is 22.7 Å². The summed E-state index contributed by atoms with van der Waals surface area (Å²) in [5.41, 5.74) is 0.0507. The van der Waals surface area contributed by atoms with Crippen LogP contribution >= 0.6 is 0 Å². The van der Waals surface area contributed by atoms with E-state index < -0.39 is 23.8 Å². The molecule has 0 spiro atoms. The molecular formula is C19H20FNO6. The third-order valence-electron chi connectivity index (χ3n) is 3.71. The molecule has 1 atom stereocenters. The smallest absolute Gasteiger partial charge is 0.342 e. The third kappa shape index (κ3) is 4.46. The van der Waals surface area contributed by atoms with E-state index in [0.717, 1.165) is 0 Å². The van der Waals surface area contributed by atoms with Gasteiger partial charge in [-0.3, -0.25) is 4.79 Å². The molecule has 8 heteroatoms. The van der Waals surface area contributed by atoms with Crippen LogP contribution < -0.4 is 19.5 Å². The fourth-order valence-electron chi connectivity index (χ4n) is 2.34. The van der Waals surface area contributed by atoms with Crippen molar-refractivity contribution in [3.63, 3.8) is 0 Å². The van der Waals surface area contributed by atoms with E-state index in [1.54, 1.807) is 6.07 Å². The van der Waals surface area contributed by atoms with Crippen molar-refractivity contribution >= 4 is 17.6 Å². The van der Waals surface area contributed by atoms with Crippen molar-refractivity contribution in [2.45, 2.75) is 13.0 Å². The highest BCUT2D eigenvalue weighted by Crippen LogP contribution is 2.40. The van der Waals surface area contributed by atoms with Crippen LogP contribution in [0.4, 0.5) is 10.1 Å². The molecule has 0 fully saturated rings. The number of benzene rings is 2. The summed E-state index contributed by atoms with van der Waals surface area (Å²) in [4.78, 5) is 24.7. The number of hydrogen-bond donors (Lipinski definition) is 1. The van der Waals surface area contributed by atoms with Crippen molar-refractivity contribution in [1.82, 2.24) is 0 Å². The van der Waals surface area contributed by atoms with Crippen LogP contribution in [0.2, 0.25) is 0 Å². The maximum Gasteiger partial charge on any atom is 0.342 e. The Balaban J connectivity index is 2.16. The van der Waals surface area contributed by atoms with E-state index in [1.807, 2.05) is 0 Å². The molecule has 0 aliphatic heterocycles. The van der Waals surface area contributed by atoms with Crippen molar-refractivity contribution in [3.05, 3.63) is 47.8 Å². The second kappa shape index (κ2) is 8.88. The molecule has 1 amide bonds. The van der Waals surface area contributed by atoms with Crippen LogP contribution in [-0.4, -0.2) is 39.3 Å². The van der Waals surface area contributed by atoms with Crippen LogP contribution in [0.15, 0.2) is 36.4 Å². The molecule has 0 radical (unpaired) electrons. The maximum atomic E-state index is 13.6. The highest BCUT2D eigenvalue weighted by Gasteiger charge is 2.25. The molecule has 0 bridgehead atoms. The van der Waals surface area contributed by atoms with Crippen molar-refractivity contribution in [2.75, 3.05) is 26.6 Å². The molecular weight excluding hydrogens is 357 g/mol. The van der Waals surface area contributed by atoms with Crippen LogP contribution in [0.5, 0.6) is 17.2 Å². The number of rotatable bonds is 7. The Morgan fingerprint density at radius 2 is 1.63 bits per heavy atom. The summed E-state index contributed by atoms with van der Waals surface area (Å²) < 4.78 is 34.4. The first-order valence-electron chi connectivity index (χ1n) is 7.98. The molecule has 27 heavy (non-hydrogen) atoms. The molecule has 0 saturated heterocycles. The minimum atomic E-state index is -1.17. The lowest BCUT2D eigenvalue weighted by Gasteiger charge is -2.17. The molecule has 0 aliphatic carbocycles. The predicted octanol–water partition coefficient (Wildman–Crippen LogP) is 3.04. The number of methoxy groups -OCH3 is 3. The first-order valence-corrected chi connectivity index (χ1v) is 7.98. The average Bonchev–Trinajstić information content (AvgIpc) is 2.67. The molecule has 0 aliphatic rings. The summed E-state index contributed by atoms with van der Waals surface area (Å²) in [6, 6.07) is 8.63. The van der Waals surface area contributed by atoms with Gasteiger partial charge >= 0.3 is 5.97 Å². The second-order valence-corrected chi connectivity index (χ2v) is 5.40. The van der Waals surface area contributed by atoms with Crippen LogP contribution in [0.25, 0.3) is 0 Å². The zero-order valence-corrected chi connectivity index (χ0v) is 15.4. The number of ether oxygens (including phenoxy) is 4. The number of nitrogens with one attached hydrogen (secondary N) is 1. The Kier molecular flexibility index (Phi) is 6.59. The number of anilines is 1. The van der Waals surface area contributed by atoms with Crippen molar-refractivity contribution in [3.8, 4) is 17.2 Å². The Labute approximate surface area is 156 Å². The monoisotopic (exact) mass is 377 g/mol. The molecule has 0 aromatic heterocycles. The van der Waals surface area contributed by atoms with Gasteiger partial charge in [0.1, 0.15) is 11.4 Å². The molecule has 2 aromatic carbocycles. The van der Waals surface area contributed by atoms with E-state index in [0.29, 0.717) is 5.75 Å². The van der Waals surface area contributed by atoms with E-state index in [2.05, 4.69) is 5.32 Å². The molecule has 0 heterocycles. The van der Waals surface area contributed by atoms with Crippen LogP contribution in [-0.2, 0) is 9.53 Å². The van der Waals surface area contributed by atoms with Gasteiger partial charge in [0.2, 0.25) is 5.75 Å². The highest BCUT2D eigenvalue weighted by atomic mass is 19.1. The maximum absolute atomic E-state index is 13.6. The van der Waals surface area contributed by atoms with Gasteiger partial charge in [-0.2, -0.15) is 0 Å². The fourth-order valence-corrected chi connectivity index (χ4v) is 2.34. The minimum absolute atomic E-state index is 0.00547. The van der Waals surface area contributed by atoms with E-state index in [1.165, 1.54) is 58.6 Å². The molecule has 0 saturated carbocycles. The molecule has 2 rings (SSSR count). The molecule has 0 unspecified atom stereocenters. The SMILES string of the molecule is COc1ccc(C(=O)O[C@@H](C)C(=O)Nc2ccccc2F)c(OC)c1OC. The van der Waals surface area contributed by atoms with Gasteiger partial charge < -0.3 is 24.3 Å². The van der Waals surface area contributed by atoms with Gasteiger partial charge in [-0.1, -0.05) is 12.1 Å². The standard InChI is InChI=1S/C19H20FNO6/c1-11(18(22)21-14-8-6-5-7-13(14)20)27-19(23)12-9-10-15(24-2)17(26-4)16(12)25-3/h5-11H,1-4H3,(H,21,22)/t11-/m0/s1. The zero-order chi connectivity index (χ0) is 20.0. The average molecular weight is 377 g/mol. The Bertz CT molecular complexity index is 839. The number of carbonyl (C=O) groups excluding carboxylic acids is 2. The number of esters is 1. The first kappa shape index (κ1) is 20.0. The number of halogens is 1. The highest BCUT2D eigenvalue weighted by molar-refractivity contribution is 5.99. The van der Waals surface area contributed by atoms with Crippen molar-refractivity contribution in [2.24, 2.45) is 0 Å². The van der Waals surface area contributed by atoms with Gasteiger partial charge in [0, 0.05) is 0 Å². The Morgan fingerprint density at radius 1 is 0.963 bits per heavy atom. The summed E-state index contributed by atoms with van der Waals surface area (Å²) in [7, 11) is 4.22. The summed E-state index contributed by atoms with van der Waals surface area (Å²) in [5, 5.41) is 2.37. The van der Waals surface area contributed by atoms with Gasteiger partial charge in [-0.15, -0.1) is 0 Å². The second-order valence-electron chi connectivity index (χ2n) is 5.40. The predicted molar refractivity (Wildman–Crippen MR) is 96.0 cm³/mol. The molecule has 7 nitrogen and oxygen atoms in total. The number of amides is 1.